The number of allylic oxidation sites excluding steroid dienone is 3. The predicted octanol–water partition coefficient (Wildman–Crippen LogP) is 5.57. The molecule has 1 fully saturated rings. The van der Waals surface area contributed by atoms with Gasteiger partial charge in [-0.2, -0.15) is 0 Å². The van der Waals surface area contributed by atoms with Crippen molar-refractivity contribution in [3.63, 3.8) is 0 Å². The van der Waals surface area contributed by atoms with Crippen LogP contribution in [0.1, 0.15) is 68.4 Å². The number of carbonyl (C=O) groups is 2. The highest BCUT2D eigenvalue weighted by Gasteiger charge is 2.43. The number of hydrogen-bond acceptors (Lipinski definition) is 8. The molecule has 0 radical (unpaired) electrons. The quantitative estimate of drug-likeness (QED) is 0.429. The largest absolute Gasteiger partial charge is 0.496 e. The molecule has 0 saturated heterocycles. The van der Waals surface area contributed by atoms with Crippen molar-refractivity contribution in [3.05, 3.63) is 70.1 Å². The van der Waals surface area contributed by atoms with E-state index in [0.29, 0.717) is 52.5 Å². The van der Waals surface area contributed by atoms with Crippen LogP contribution in [0.3, 0.4) is 0 Å². The smallest absolute Gasteiger partial charge is 0.337 e. The van der Waals surface area contributed by atoms with Gasteiger partial charge in [-0.25, -0.2) is 4.79 Å². The third kappa shape index (κ3) is 5.03. The lowest BCUT2D eigenvalue weighted by Crippen LogP contribution is -2.36. The van der Waals surface area contributed by atoms with Gasteiger partial charge in [-0.05, 0) is 68.4 Å². The SMILES string of the molecule is COc1ccccc1[C@@H]1CC(=O)C2=C(C1)NC(C)=C(C(=O)OC1CCCC1)[C@H]2c1cc(OC)c(OC)c(OC)c1. The van der Waals surface area contributed by atoms with Gasteiger partial charge in [0.1, 0.15) is 11.9 Å². The highest BCUT2D eigenvalue weighted by atomic mass is 16.5. The van der Waals surface area contributed by atoms with E-state index in [9.17, 15) is 9.59 Å². The number of nitrogens with one attached hydrogen (secondary N) is 1. The van der Waals surface area contributed by atoms with Crippen molar-refractivity contribution < 1.29 is 33.3 Å². The lowest BCUT2D eigenvalue weighted by molar-refractivity contribution is -0.144. The van der Waals surface area contributed by atoms with Crippen molar-refractivity contribution in [1.29, 1.82) is 0 Å². The van der Waals surface area contributed by atoms with Gasteiger partial charge in [0, 0.05) is 35.2 Å². The number of Topliss-reactive ketones (excluding diaryl/α,β-unsaturated/α-hetero) is 1. The van der Waals surface area contributed by atoms with Crippen LogP contribution in [0.2, 0.25) is 0 Å². The van der Waals surface area contributed by atoms with Crippen LogP contribution in [0.25, 0.3) is 0 Å². The van der Waals surface area contributed by atoms with E-state index in [1.54, 1.807) is 28.4 Å². The second-order valence-corrected chi connectivity index (χ2v) is 10.5. The van der Waals surface area contributed by atoms with Crippen LogP contribution in [0.5, 0.6) is 23.0 Å². The normalized spacial score (nSPS) is 21.1. The summed E-state index contributed by atoms with van der Waals surface area (Å²) >= 11 is 0. The summed E-state index contributed by atoms with van der Waals surface area (Å²) in [5.41, 5.74) is 4.18. The van der Waals surface area contributed by atoms with E-state index in [2.05, 4.69) is 5.32 Å². The standard InChI is InChI=1S/C32H37NO7/c1-18-28(32(35)40-21-10-6-7-11-21)29(20-16-26(37-3)31(39-5)27(17-20)38-4)30-23(33-18)14-19(15-24(30)34)22-12-8-9-13-25(22)36-2/h8-9,12-13,16-17,19,21,29,33H,6-7,10-11,14-15H2,1-5H3/t19-,29+/m0/s1. The van der Waals surface area contributed by atoms with Crippen LogP contribution in [0.15, 0.2) is 58.9 Å². The Labute approximate surface area is 235 Å². The van der Waals surface area contributed by atoms with Crippen LogP contribution in [-0.4, -0.2) is 46.3 Å². The number of carbonyl (C=O) groups excluding carboxylic acids is 2. The van der Waals surface area contributed by atoms with Gasteiger partial charge in [-0.15, -0.1) is 0 Å². The first-order chi connectivity index (χ1) is 19.4. The Morgan fingerprint density at radius 1 is 0.875 bits per heavy atom. The van der Waals surface area contributed by atoms with E-state index in [0.717, 1.165) is 42.7 Å². The Hall–Kier alpha value is -3.94. The molecule has 40 heavy (non-hydrogen) atoms. The second kappa shape index (κ2) is 11.7. The summed E-state index contributed by atoms with van der Waals surface area (Å²) in [6, 6.07) is 11.4. The lowest BCUT2D eigenvalue weighted by atomic mass is 9.71. The van der Waals surface area contributed by atoms with Crippen molar-refractivity contribution in [2.75, 3.05) is 28.4 Å². The third-order valence-electron chi connectivity index (χ3n) is 8.22. The molecule has 5 rings (SSSR count). The molecule has 8 heteroatoms. The fourth-order valence-corrected chi connectivity index (χ4v) is 6.36. The van der Waals surface area contributed by atoms with Gasteiger partial charge in [-0.1, -0.05) is 18.2 Å². The van der Waals surface area contributed by atoms with Crippen LogP contribution in [0, 0.1) is 0 Å². The fraction of sp³-hybridized carbons (Fsp3) is 0.438. The first-order valence-corrected chi connectivity index (χ1v) is 13.8. The molecule has 1 aliphatic heterocycles. The molecule has 1 N–H and O–H groups in total. The van der Waals surface area contributed by atoms with E-state index in [-0.39, 0.29) is 17.8 Å². The molecule has 2 aromatic rings. The zero-order valence-electron chi connectivity index (χ0n) is 23.8. The monoisotopic (exact) mass is 547 g/mol. The number of dihydropyridines is 1. The molecule has 1 heterocycles. The number of para-hydroxylation sites is 1. The summed E-state index contributed by atoms with van der Waals surface area (Å²) < 4.78 is 28.4. The molecule has 2 aliphatic carbocycles. The van der Waals surface area contributed by atoms with E-state index in [1.165, 1.54) is 0 Å². The molecule has 0 bridgehead atoms. The van der Waals surface area contributed by atoms with Crippen molar-refractivity contribution >= 4 is 11.8 Å². The number of methoxy groups -OCH3 is 4. The Bertz CT molecular complexity index is 1340. The molecule has 2 aromatic carbocycles. The summed E-state index contributed by atoms with van der Waals surface area (Å²) in [7, 11) is 6.28. The van der Waals surface area contributed by atoms with Crippen LogP contribution in [0.4, 0.5) is 0 Å². The zero-order valence-corrected chi connectivity index (χ0v) is 23.8. The maximum Gasteiger partial charge on any atom is 0.337 e. The topological polar surface area (TPSA) is 92.3 Å². The Balaban J connectivity index is 1.63. The number of ether oxygens (including phenoxy) is 5. The van der Waals surface area contributed by atoms with Crippen LogP contribution < -0.4 is 24.3 Å². The molecule has 0 spiro atoms. The Morgan fingerprint density at radius 2 is 1.52 bits per heavy atom. The molecule has 2 atom stereocenters. The Kier molecular flexibility index (Phi) is 8.05. The van der Waals surface area contributed by atoms with E-state index < -0.39 is 11.9 Å². The first-order valence-electron chi connectivity index (χ1n) is 13.8. The van der Waals surface area contributed by atoms with Crippen molar-refractivity contribution in [3.8, 4) is 23.0 Å². The number of rotatable bonds is 8. The van der Waals surface area contributed by atoms with Crippen molar-refractivity contribution in [1.82, 2.24) is 5.32 Å². The Morgan fingerprint density at radius 3 is 2.15 bits per heavy atom. The predicted molar refractivity (Wildman–Crippen MR) is 150 cm³/mol. The summed E-state index contributed by atoms with van der Waals surface area (Å²) in [5.74, 6) is 0.972. The average Bonchev–Trinajstić information content (AvgIpc) is 3.48. The molecule has 212 valence electrons. The highest BCUT2D eigenvalue weighted by molar-refractivity contribution is 6.04. The van der Waals surface area contributed by atoms with Gasteiger partial charge >= 0.3 is 5.97 Å². The highest BCUT2D eigenvalue weighted by Crippen LogP contribution is 2.50. The van der Waals surface area contributed by atoms with Crippen LogP contribution >= 0.6 is 0 Å². The van der Waals surface area contributed by atoms with Crippen molar-refractivity contribution in [2.24, 2.45) is 0 Å². The zero-order chi connectivity index (χ0) is 28.4. The molecular weight excluding hydrogens is 510 g/mol. The van der Waals surface area contributed by atoms with Gasteiger partial charge in [0.25, 0.3) is 0 Å². The van der Waals surface area contributed by atoms with Gasteiger partial charge < -0.3 is 29.0 Å². The maximum absolute atomic E-state index is 14.0. The summed E-state index contributed by atoms with van der Waals surface area (Å²) in [4.78, 5) is 27.8. The maximum atomic E-state index is 14.0. The van der Waals surface area contributed by atoms with Gasteiger partial charge in [0.05, 0.1) is 34.0 Å². The molecule has 8 nitrogen and oxygen atoms in total. The number of ketones is 1. The van der Waals surface area contributed by atoms with Crippen LogP contribution in [-0.2, 0) is 14.3 Å². The minimum Gasteiger partial charge on any atom is -0.496 e. The summed E-state index contributed by atoms with van der Waals surface area (Å²) in [6.45, 7) is 1.87. The van der Waals surface area contributed by atoms with Crippen molar-refractivity contribution in [2.45, 2.75) is 63.4 Å². The van der Waals surface area contributed by atoms with Gasteiger partial charge in [0.15, 0.2) is 17.3 Å². The second-order valence-electron chi connectivity index (χ2n) is 10.5. The number of esters is 1. The van der Waals surface area contributed by atoms with E-state index >= 15 is 0 Å². The fourth-order valence-electron chi connectivity index (χ4n) is 6.36. The molecular formula is C32H37NO7. The summed E-state index contributed by atoms with van der Waals surface area (Å²) in [5, 5.41) is 3.43. The number of hydrogen-bond donors (Lipinski definition) is 1. The third-order valence-corrected chi connectivity index (χ3v) is 8.22. The lowest BCUT2D eigenvalue weighted by Gasteiger charge is -2.37. The molecule has 0 amide bonds. The molecule has 0 unspecified atom stereocenters. The molecule has 3 aliphatic rings. The number of benzene rings is 2. The summed E-state index contributed by atoms with van der Waals surface area (Å²) in [6.07, 6.45) is 4.59. The minimum absolute atomic E-state index is 0.0259. The average molecular weight is 548 g/mol. The van der Waals surface area contributed by atoms with E-state index in [4.69, 9.17) is 23.7 Å². The first kappa shape index (κ1) is 27.6. The van der Waals surface area contributed by atoms with E-state index in [1.807, 2.05) is 43.3 Å². The van der Waals surface area contributed by atoms with Gasteiger partial charge in [0.2, 0.25) is 5.75 Å². The van der Waals surface area contributed by atoms with Gasteiger partial charge in [-0.3, -0.25) is 4.79 Å². The minimum atomic E-state index is -0.648. The molecule has 1 saturated carbocycles. The molecule has 0 aromatic heterocycles.